The fraction of sp³-hybridized carbons (Fsp3) is 0.0714. The molecule has 21 heavy (non-hydrogen) atoms. The van der Waals surface area contributed by atoms with Gasteiger partial charge in [-0.15, -0.1) is 0 Å². The zero-order chi connectivity index (χ0) is 14.8. The highest BCUT2D eigenvalue weighted by atomic mass is 32.1. The first-order chi connectivity index (χ1) is 10.2. The van der Waals surface area contributed by atoms with E-state index in [-0.39, 0.29) is 17.1 Å². The third kappa shape index (κ3) is 2.55. The Bertz CT molecular complexity index is 868. The van der Waals surface area contributed by atoms with Gasteiger partial charge >= 0.3 is 5.56 Å². The minimum Gasteiger partial charge on any atom is -0.490 e. The van der Waals surface area contributed by atoms with Gasteiger partial charge in [0.1, 0.15) is 17.0 Å². The molecule has 0 amide bonds. The molecule has 0 aliphatic carbocycles. The third-order valence-electron chi connectivity index (χ3n) is 2.85. The Labute approximate surface area is 123 Å². The molecule has 0 unspecified atom stereocenters. The van der Waals surface area contributed by atoms with Gasteiger partial charge < -0.3 is 4.74 Å². The lowest BCUT2D eigenvalue weighted by molar-refractivity contribution is 0.403. The molecule has 2 aromatic heterocycles. The summed E-state index contributed by atoms with van der Waals surface area (Å²) in [6.07, 6.45) is 3.40. The number of methoxy groups -OCH3 is 1. The molecule has 0 aliphatic rings. The van der Waals surface area contributed by atoms with E-state index in [4.69, 9.17) is 4.74 Å². The van der Waals surface area contributed by atoms with E-state index in [0.29, 0.717) is 10.7 Å². The summed E-state index contributed by atoms with van der Waals surface area (Å²) in [4.78, 5) is 17.0. The number of fused-ring (bicyclic) bond motifs is 1. The van der Waals surface area contributed by atoms with E-state index in [1.165, 1.54) is 40.6 Å². The Balaban J connectivity index is 2.07. The molecule has 0 bridgehead atoms. The largest absolute Gasteiger partial charge is 0.490 e. The lowest BCUT2D eigenvalue weighted by Gasteiger charge is -2.03. The van der Waals surface area contributed by atoms with Crippen LogP contribution in [-0.2, 0) is 0 Å². The molecular weight excluding hydrogens is 293 g/mol. The maximum atomic E-state index is 12.9. The molecule has 0 saturated carbocycles. The predicted octanol–water partition coefficient (Wildman–Crippen LogP) is 2.47. The van der Waals surface area contributed by atoms with Crippen molar-refractivity contribution in [1.82, 2.24) is 14.6 Å². The van der Waals surface area contributed by atoms with Crippen LogP contribution >= 0.6 is 11.3 Å². The number of nitrogens with zero attached hydrogens (tertiary/aromatic N) is 3. The molecule has 0 radical (unpaired) electrons. The van der Waals surface area contributed by atoms with Crippen molar-refractivity contribution in [3.8, 4) is 5.75 Å². The first-order valence-corrected chi connectivity index (χ1v) is 6.91. The smallest absolute Gasteiger partial charge is 0.318 e. The van der Waals surface area contributed by atoms with Gasteiger partial charge in [-0.1, -0.05) is 29.5 Å². The summed E-state index contributed by atoms with van der Waals surface area (Å²) in [7, 11) is 1.41. The topological polar surface area (TPSA) is 56.5 Å². The minimum atomic E-state index is -0.359. The fourth-order valence-electron chi connectivity index (χ4n) is 1.84. The third-order valence-corrected chi connectivity index (χ3v) is 3.52. The van der Waals surface area contributed by atoms with Crippen molar-refractivity contribution in [1.29, 1.82) is 0 Å². The first kappa shape index (κ1) is 13.4. The van der Waals surface area contributed by atoms with Gasteiger partial charge in [0.2, 0.25) is 10.7 Å². The summed E-state index contributed by atoms with van der Waals surface area (Å²) in [6.45, 7) is 0. The van der Waals surface area contributed by atoms with Crippen molar-refractivity contribution < 1.29 is 9.13 Å². The quantitative estimate of drug-likeness (QED) is 0.746. The van der Waals surface area contributed by atoms with Gasteiger partial charge in [-0.25, -0.2) is 9.37 Å². The van der Waals surface area contributed by atoms with Crippen LogP contribution in [0.4, 0.5) is 4.39 Å². The number of halogens is 1. The Morgan fingerprint density at radius 2 is 2.05 bits per heavy atom. The van der Waals surface area contributed by atoms with Crippen molar-refractivity contribution in [2.75, 3.05) is 7.11 Å². The lowest BCUT2D eigenvalue weighted by Crippen LogP contribution is -2.18. The molecular formula is C14H10FN3O2S. The number of rotatable bonds is 3. The zero-order valence-electron chi connectivity index (χ0n) is 11.0. The number of benzene rings is 1. The monoisotopic (exact) mass is 303 g/mol. The van der Waals surface area contributed by atoms with Crippen molar-refractivity contribution in [3.05, 3.63) is 57.2 Å². The van der Waals surface area contributed by atoms with Gasteiger partial charge in [-0.3, -0.25) is 4.79 Å². The van der Waals surface area contributed by atoms with Crippen LogP contribution in [0.1, 0.15) is 11.3 Å². The molecule has 0 fully saturated rings. The molecule has 0 N–H and O–H groups in total. The Hall–Kier alpha value is -2.54. The van der Waals surface area contributed by atoms with E-state index in [1.54, 1.807) is 24.3 Å². The standard InChI is InChI=1S/C14H10FN3O2S/c1-20-12-11(7-4-9-2-5-10(15)6-3-9)17-14-18(13(12)19)16-8-21-14/h2-8H,1H3. The summed E-state index contributed by atoms with van der Waals surface area (Å²) in [5.74, 6) is -0.177. The van der Waals surface area contributed by atoms with Crippen LogP contribution in [0.2, 0.25) is 0 Å². The van der Waals surface area contributed by atoms with Gasteiger partial charge in [-0.05, 0) is 23.8 Å². The predicted molar refractivity (Wildman–Crippen MR) is 79.0 cm³/mol. The maximum absolute atomic E-state index is 12.9. The molecule has 1 aromatic carbocycles. The molecule has 5 nitrogen and oxygen atoms in total. The lowest BCUT2D eigenvalue weighted by atomic mass is 10.2. The number of hydrogen-bond acceptors (Lipinski definition) is 5. The number of aromatic nitrogens is 3. The van der Waals surface area contributed by atoms with Crippen molar-refractivity contribution in [2.45, 2.75) is 0 Å². The van der Waals surface area contributed by atoms with Crippen LogP contribution in [0.15, 0.2) is 34.6 Å². The highest BCUT2D eigenvalue weighted by Gasteiger charge is 2.12. The van der Waals surface area contributed by atoms with E-state index in [2.05, 4.69) is 10.1 Å². The molecule has 3 rings (SSSR count). The van der Waals surface area contributed by atoms with Crippen molar-refractivity contribution >= 4 is 28.4 Å². The van der Waals surface area contributed by atoms with E-state index >= 15 is 0 Å². The van der Waals surface area contributed by atoms with Crippen LogP contribution in [0.3, 0.4) is 0 Å². The van der Waals surface area contributed by atoms with Gasteiger partial charge in [-0.2, -0.15) is 9.61 Å². The zero-order valence-corrected chi connectivity index (χ0v) is 11.8. The summed E-state index contributed by atoms with van der Waals surface area (Å²) in [6, 6.07) is 6.00. The summed E-state index contributed by atoms with van der Waals surface area (Å²) in [5.41, 5.74) is 2.39. The molecule has 3 aromatic rings. The second kappa shape index (κ2) is 5.45. The highest BCUT2D eigenvalue weighted by molar-refractivity contribution is 7.14. The van der Waals surface area contributed by atoms with Gasteiger partial charge in [0.25, 0.3) is 0 Å². The van der Waals surface area contributed by atoms with Crippen LogP contribution in [0, 0.1) is 5.82 Å². The van der Waals surface area contributed by atoms with Gasteiger partial charge in [0.05, 0.1) is 7.11 Å². The van der Waals surface area contributed by atoms with E-state index in [1.807, 2.05) is 0 Å². The number of ether oxygens (including phenoxy) is 1. The molecule has 0 spiro atoms. The first-order valence-electron chi connectivity index (χ1n) is 6.03. The van der Waals surface area contributed by atoms with Crippen LogP contribution in [0.5, 0.6) is 5.75 Å². The Kier molecular flexibility index (Phi) is 3.49. The molecule has 7 heteroatoms. The van der Waals surface area contributed by atoms with Gasteiger partial charge in [0.15, 0.2) is 0 Å². The average Bonchev–Trinajstić information content (AvgIpc) is 2.95. The Morgan fingerprint density at radius 1 is 1.29 bits per heavy atom. The second-order valence-electron chi connectivity index (χ2n) is 4.15. The SMILES string of the molecule is COc1c(C=Cc2ccc(F)cc2)nc2scnn2c1=O. The summed E-state index contributed by atoms with van der Waals surface area (Å²) < 4.78 is 19.2. The van der Waals surface area contributed by atoms with Crippen molar-refractivity contribution in [2.24, 2.45) is 0 Å². The van der Waals surface area contributed by atoms with E-state index in [0.717, 1.165) is 5.56 Å². The van der Waals surface area contributed by atoms with Crippen LogP contribution < -0.4 is 10.3 Å². The summed E-state index contributed by atoms with van der Waals surface area (Å²) in [5, 5.41) is 3.91. The molecule has 0 aliphatic heterocycles. The molecule has 0 atom stereocenters. The van der Waals surface area contributed by atoms with Crippen LogP contribution in [0.25, 0.3) is 17.1 Å². The van der Waals surface area contributed by atoms with Crippen LogP contribution in [-0.4, -0.2) is 21.7 Å². The molecule has 2 heterocycles. The fourth-order valence-corrected chi connectivity index (χ4v) is 2.46. The number of hydrogen-bond donors (Lipinski definition) is 0. The van der Waals surface area contributed by atoms with E-state index in [9.17, 15) is 9.18 Å². The van der Waals surface area contributed by atoms with Gasteiger partial charge in [0, 0.05) is 0 Å². The highest BCUT2D eigenvalue weighted by Crippen LogP contribution is 2.17. The van der Waals surface area contributed by atoms with E-state index < -0.39 is 0 Å². The Morgan fingerprint density at radius 3 is 2.76 bits per heavy atom. The molecule has 106 valence electrons. The maximum Gasteiger partial charge on any atom is 0.318 e. The summed E-state index contributed by atoms with van der Waals surface area (Å²) >= 11 is 1.26. The normalized spacial score (nSPS) is 11.3. The second-order valence-corrected chi connectivity index (χ2v) is 4.97. The van der Waals surface area contributed by atoms with Crippen molar-refractivity contribution in [3.63, 3.8) is 0 Å². The average molecular weight is 303 g/mol. The molecule has 0 saturated heterocycles. The minimum absolute atomic E-state index is 0.122.